The first-order valence-corrected chi connectivity index (χ1v) is 5.16. The topological polar surface area (TPSA) is 32.6 Å². The fourth-order valence-electron chi connectivity index (χ4n) is 1.44. The van der Waals surface area contributed by atoms with Gasteiger partial charge in [0.2, 0.25) is 0 Å². The fraction of sp³-hybridized carbons (Fsp3) is 0.308. The van der Waals surface area contributed by atoms with Crippen LogP contribution >= 0.6 is 0 Å². The Kier molecular flexibility index (Phi) is 4.61. The predicted octanol–water partition coefficient (Wildman–Crippen LogP) is 3.35. The van der Waals surface area contributed by atoms with Crippen LogP contribution in [0.25, 0.3) is 0 Å². The number of aliphatic hydroxyl groups excluding tert-OH is 1. The van der Waals surface area contributed by atoms with Crippen LogP contribution < -0.4 is 0 Å². The van der Waals surface area contributed by atoms with Gasteiger partial charge in [0, 0.05) is 18.2 Å². The molecule has 2 heteroatoms. The van der Waals surface area contributed by atoms with Gasteiger partial charge in [0.25, 0.3) is 0 Å². The van der Waals surface area contributed by atoms with Gasteiger partial charge in [-0.1, -0.05) is 24.3 Å². The first-order valence-electron chi connectivity index (χ1n) is 5.16. The molecule has 1 aliphatic heterocycles. The van der Waals surface area contributed by atoms with E-state index in [1.165, 1.54) is 0 Å². The van der Waals surface area contributed by atoms with Crippen molar-refractivity contribution in [2.24, 2.45) is 4.99 Å². The third kappa shape index (κ3) is 3.24. The van der Waals surface area contributed by atoms with E-state index in [2.05, 4.69) is 4.99 Å². The van der Waals surface area contributed by atoms with Gasteiger partial charge in [0.1, 0.15) is 5.76 Å². The summed E-state index contributed by atoms with van der Waals surface area (Å²) in [6, 6.07) is 0. The zero-order valence-electron chi connectivity index (χ0n) is 9.27. The van der Waals surface area contributed by atoms with Crippen LogP contribution in [0.5, 0.6) is 0 Å². The van der Waals surface area contributed by atoms with Crippen LogP contribution in [0.1, 0.15) is 20.3 Å². The van der Waals surface area contributed by atoms with Crippen LogP contribution in [0.2, 0.25) is 0 Å². The van der Waals surface area contributed by atoms with Crippen LogP contribution in [-0.2, 0) is 0 Å². The minimum atomic E-state index is 0.300. The summed E-state index contributed by atoms with van der Waals surface area (Å²) >= 11 is 0. The van der Waals surface area contributed by atoms with Crippen molar-refractivity contribution < 1.29 is 5.11 Å². The normalized spacial score (nSPS) is 27.5. The van der Waals surface area contributed by atoms with Crippen molar-refractivity contribution in [1.82, 2.24) is 0 Å². The predicted molar refractivity (Wildman–Crippen MR) is 65.3 cm³/mol. The SMILES string of the molecule is C/C=C1/C=C\C/C=N\C/C1=C(O)/C=C/C. The Morgan fingerprint density at radius 2 is 2.27 bits per heavy atom. The second kappa shape index (κ2) is 6.02. The van der Waals surface area contributed by atoms with E-state index in [4.69, 9.17) is 0 Å². The Morgan fingerprint density at radius 1 is 1.47 bits per heavy atom. The van der Waals surface area contributed by atoms with Crippen molar-refractivity contribution in [2.75, 3.05) is 6.54 Å². The van der Waals surface area contributed by atoms with Crippen LogP contribution in [0, 0.1) is 0 Å². The smallest absolute Gasteiger partial charge is 0.120 e. The maximum atomic E-state index is 9.84. The quantitative estimate of drug-likeness (QED) is 0.651. The summed E-state index contributed by atoms with van der Waals surface area (Å²) in [5.41, 5.74) is 1.92. The maximum absolute atomic E-state index is 9.84. The van der Waals surface area contributed by atoms with Gasteiger partial charge in [-0.3, -0.25) is 4.99 Å². The molecule has 0 unspecified atom stereocenters. The van der Waals surface area contributed by atoms with Gasteiger partial charge in [-0.05, 0) is 25.5 Å². The fourth-order valence-corrected chi connectivity index (χ4v) is 1.44. The summed E-state index contributed by atoms with van der Waals surface area (Å²) in [6.07, 6.45) is 12.3. The molecule has 0 aliphatic carbocycles. The van der Waals surface area contributed by atoms with Crippen LogP contribution in [-0.4, -0.2) is 17.9 Å². The third-order valence-corrected chi connectivity index (χ3v) is 2.21. The molecule has 0 saturated carbocycles. The molecule has 1 N–H and O–H groups in total. The Morgan fingerprint density at radius 3 is 2.93 bits per heavy atom. The number of aliphatic imine (C=N–C) groups is 1. The van der Waals surface area contributed by atoms with E-state index in [0.29, 0.717) is 12.3 Å². The lowest BCUT2D eigenvalue weighted by Crippen LogP contribution is -1.99. The lowest BCUT2D eigenvalue weighted by Gasteiger charge is -2.09. The van der Waals surface area contributed by atoms with Gasteiger partial charge in [0.05, 0.1) is 6.54 Å². The molecule has 0 aromatic rings. The minimum absolute atomic E-state index is 0.300. The first-order chi connectivity index (χ1) is 7.29. The van der Waals surface area contributed by atoms with Gasteiger partial charge < -0.3 is 5.11 Å². The van der Waals surface area contributed by atoms with Crippen molar-refractivity contribution >= 4 is 6.21 Å². The number of nitrogens with zero attached hydrogens (tertiary/aromatic N) is 1. The number of hydrogen-bond donors (Lipinski definition) is 1. The molecule has 0 fully saturated rings. The molecule has 80 valence electrons. The lowest BCUT2D eigenvalue weighted by atomic mass is 10.0. The summed E-state index contributed by atoms with van der Waals surface area (Å²) in [5, 5.41) is 9.84. The van der Waals surface area contributed by atoms with Crippen molar-refractivity contribution in [3.63, 3.8) is 0 Å². The molecule has 1 heterocycles. The Balaban J connectivity index is 3.11. The summed E-state index contributed by atoms with van der Waals surface area (Å²) in [7, 11) is 0. The van der Waals surface area contributed by atoms with Gasteiger partial charge in [-0.2, -0.15) is 0 Å². The molecular formula is C13H17NO. The largest absolute Gasteiger partial charge is 0.508 e. The molecular weight excluding hydrogens is 186 g/mol. The monoisotopic (exact) mass is 203 g/mol. The Labute approximate surface area is 91.0 Å². The second-order valence-electron chi connectivity index (χ2n) is 3.27. The molecule has 0 aromatic heterocycles. The minimum Gasteiger partial charge on any atom is -0.508 e. The Bertz CT molecular complexity index is 357. The van der Waals surface area contributed by atoms with E-state index in [0.717, 1.165) is 17.6 Å². The van der Waals surface area contributed by atoms with Gasteiger partial charge in [-0.15, -0.1) is 0 Å². The summed E-state index contributed by atoms with van der Waals surface area (Å²) in [5.74, 6) is 0.300. The zero-order chi connectivity index (χ0) is 11.1. The standard InChI is InChI=1S/C13H17NO/c1-3-7-13(15)12-10-14-9-6-5-8-11(12)4-2/h3-5,7-9,15H,6,10H2,1-2H3/b7-3+,8-5-,11-4-,13-12+,14-9-. The highest BCUT2D eigenvalue weighted by molar-refractivity contribution is 5.62. The molecule has 0 spiro atoms. The second-order valence-corrected chi connectivity index (χ2v) is 3.27. The molecule has 1 rings (SSSR count). The van der Waals surface area contributed by atoms with Crippen LogP contribution in [0.4, 0.5) is 0 Å². The van der Waals surface area contributed by atoms with Crippen molar-refractivity contribution in [3.8, 4) is 0 Å². The van der Waals surface area contributed by atoms with Crippen LogP contribution in [0.3, 0.4) is 0 Å². The average Bonchev–Trinajstić information content (AvgIpc) is 2.18. The maximum Gasteiger partial charge on any atom is 0.120 e. The number of hydrogen-bond acceptors (Lipinski definition) is 2. The van der Waals surface area contributed by atoms with Crippen molar-refractivity contribution in [2.45, 2.75) is 20.3 Å². The molecule has 0 aromatic carbocycles. The highest BCUT2D eigenvalue weighted by Crippen LogP contribution is 2.18. The third-order valence-electron chi connectivity index (χ3n) is 2.21. The van der Waals surface area contributed by atoms with Gasteiger partial charge in [0.15, 0.2) is 0 Å². The van der Waals surface area contributed by atoms with E-state index >= 15 is 0 Å². The summed E-state index contributed by atoms with van der Waals surface area (Å²) in [4.78, 5) is 4.24. The first kappa shape index (κ1) is 11.5. The van der Waals surface area contributed by atoms with Crippen molar-refractivity contribution in [1.29, 1.82) is 0 Å². The summed E-state index contributed by atoms with van der Waals surface area (Å²) < 4.78 is 0. The molecule has 0 radical (unpaired) electrons. The molecule has 0 amide bonds. The number of rotatable bonds is 1. The molecule has 0 bridgehead atoms. The molecule has 0 saturated heterocycles. The number of aliphatic hydroxyl groups is 1. The lowest BCUT2D eigenvalue weighted by molar-refractivity contribution is 0.426. The van der Waals surface area contributed by atoms with E-state index in [1.807, 2.05) is 44.4 Å². The summed E-state index contributed by atoms with van der Waals surface area (Å²) in [6.45, 7) is 4.39. The van der Waals surface area contributed by atoms with E-state index in [9.17, 15) is 5.11 Å². The van der Waals surface area contributed by atoms with Crippen LogP contribution in [0.15, 0.2) is 52.3 Å². The average molecular weight is 203 g/mol. The molecule has 0 atom stereocenters. The zero-order valence-corrected chi connectivity index (χ0v) is 9.27. The van der Waals surface area contributed by atoms with E-state index in [-0.39, 0.29) is 0 Å². The molecule has 1 aliphatic rings. The van der Waals surface area contributed by atoms with E-state index in [1.54, 1.807) is 6.08 Å². The van der Waals surface area contributed by atoms with Crippen molar-refractivity contribution in [3.05, 3.63) is 47.3 Å². The Hall–Kier alpha value is -1.57. The highest BCUT2D eigenvalue weighted by atomic mass is 16.3. The van der Waals surface area contributed by atoms with Gasteiger partial charge >= 0.3 is 0 Å². The molecule has 15 heavy (non-hydrogen) atoms. The highest BCUT2D eigenvalue weighted by Gasteiger charge is 2.07. The van der Waals surface area contributed by atoms with Gasteiger partial charge in [-0.25, -0.2) is 0 Å². The van der Waals surface area contributed by atoms with E-state index < -0.39 is 0 Å². The number of allylic oxidation sites excluding steroid dienone is 5. The molecule has 2 nitrogen and oxygen atoms in total.